The first-order chi connectivity index (χ1) is 23.8. The fourth-order valence-corrected chi connectivity index (χ4v) is 5.81. The average Bonchev–Trinajstić information content (AvgIpc) is 3.63. The van der Waals surface area contributed by atoms with Crippen LogP contribution in [-0.2, 0) is 38.7 Å². The Morgan fingerprint density at radius 3 is 2.08 bits per heavy atom. The molecule has 4 N–H and O–H groups in total. The van der Waals surface area contributed by atoms with E-state index < -0.39 is 23.9 Å². The van der Waals surface area contributed by atoms with Crippen molar-refractivity contribution in [3.05, 3.63) is 63.8 Å². The van der Waals surface area contributed by atoms with E-state index in [0.29, 0.717) is 35.1 Å². The summed E-state index contributed by atoms with van der Waals surface area (Å²) in [6.45, 7) is 4.60. The maximum absolute atomic E-state index is 9.55. The quantitative estimate of drug-likeness (QED) is 0.171. The van der Waals surface area contributed by atoms with Crippen LogP contribution in [0.5, 0.6) is 5.75 Å². The van der Waals surface area contributed by atoms with Gasteiger partial charge < -0.3 is 34.6 Å². The number of nitriles is 1. The molecule has 0 atom stereocenters. The van der Waals surface area contributed by atoms with E-state index in [-0.39, 0.29) is 0 Å². The molecule has 16 heteroatoms. The number of thiazole rings is 1. The highest BCUT2D eigenvalue weighted by atomic mass is 32.1. The third-order valence-corrected chi connectivity index (χ3v) is 8.56. The monoisotopic (exact) mass is 711 g/mol. The molecule has 2 fully saturated rings. The van der Waals surface area contributed by atoms with Gasteiger partial charge >= 0.3 is 23.9 Å². The second kappa shape index (κ2) is 19.8. The summed E-state index contributed by atoms with van der Waals surface area (Å²) >= 11 is 1.51. The molecule has 3 heterocycles. The fourth-order valence-electron chi connectivity index (χ4n) is 5.05. The van der Waals surface area contributed by atoms with E-state index in [0.717, 1.165) is 84.5 Å². The highest BCUT2D eigenvalue weighted by molar-refractivity contribution is 7.12. The van der Waals surface area contributed by atoms with Crippen molar-refractivity contribution in [1.82, 2.24) is 19.9 Å². The van der Waals surface area contributed by atoms with E-state index in [2.05, 4.69) is 52.2 Å². The number of aryl methyl sites for hydroxylation is 1. The minimum atomic E-state index is -1.26. The van der Waals surface area contributed by atoms with Crippen molar-refractivity contribution in [3.8, 4) is 11.8 Å². The first-order valence-electron chi connectivity index (χ1n) is 15.9. The van der Waals surface area contributed by atoms with Crippen LogP contribution in [0, 0.1) is 23.2 Å². The topological polar surface area (TPSA) is 228 Å². The molecule has 0 spiro atoms. The number of likely N-dealkylation sites (tertiary alicyclic amines) is 1. The van der Waals surface area contributed by atoms with Crippen LogP contribution in [0.4, 0.5) is 0 Å². The van der Waals surface area contributed by atoms with Gasteiger partial charge in [-0.2, -0.15) is 5.26 Å². The molecule has 0 unspecified atom stereocenters. The number of hydrogen-bond acceptors (Lipinski definition) is 12. The zero-order valence-corrected chi connectivity index (χ0v) is 28.7. The lowest BCUT2D eigenvalue weighted by molar-refractivity contribution is -0.134. The second-order valence-corrected chi connectivity index (χ2v) is 13.2. The van der Waals surface area contributed by atoms with Crippen molar-refractivity contribution in [2.45, 2.75) is 51.6 Å². The summed E-state index contributed by atoms with van der Waals surface area (Å²) in [6, 6.07) is 6.42. The predicted molar refractivity (Wildman–Crippen MR) is 182 cm³/mol. The maximum atomic E-state index is 9.55. The van der Waals surface area contributed by atoms with Gasteiger partial charge in [0.1, 0.15) is 21.7 Å². The first-order valence-corrected chi connectivity index (χ1v) is 16.7. The predicted octanol–water partition coefficient (Wildman–Crippen LogP) is 4.27. The molecule has 1 saturated carbocycles. The molecule has 2 aliphatic rings. The van der Waals surface area contributed by atoms with Gasteiger partial charge in [0.05, 0.1) is 30.6 Å². The number of aromatic nitrogens is 2. The van der Waals surface area contributed by atoms with Crippen LogP contribution < -0.4 is 4.74 Å². The minimum Gasteiger partial charge on any atom is -0.493 e. The number of nitrogens with zero attached hydrogens (tertiary/aromatic N) is 5. The van der Waals surface area contributed by atoms with Crippen molar-refractivity contribution in [2.24, 2.45) is 11.8 Å². The largest absolute Gasteiger partial charge is 0.493 e. The number of carboxylic acids is 4. The van der Waals surface area contributed by atoms with E-state index in [1.54, 1.807) is 6.20 Å². The van der Waals surface area contributed by atoms with Crippen molar-refractivity contribution in [3.63, 3.8) is 0 Å². The number of ether oxygens (including phenoxy) is 1. The molecular formula is C34H41N5O10S. The zero-order valence-electron chi connectivity index (χ0n) is 27.9. The third kappa shape index (κ3) is 14.2. The molecule has 3 aromatic rings. The minimum absolute atomic E-state index is 0.558. The SMILES string of the molecule is CN(C)Cc1c(OCC2CC2)ccc2c(CCC3CCN(Cc4ncc(C#N)s4)CC3)noc12.O=C(O)C=CC(=O)O.O=C(O)C=CC(=O)O. The van der Waals surface area contributed by atoms with Gasteiger partial charge in [-0.25, -0.2) is 24.2 Å². The summed E-state index contributed by atoms with van der Waals surface area (Å²) in [5.41, 5.74) is 3.06. The number of piperidine rings is 1. The second-order valence-electron chi connectivity index (χ2n) is 12.0. The highest BCUT2D eigenvalue weighted by Crippen LogP contribution is 2.35. The number of rotatable bonds is 14. The summed E-state index contributed by atoms with van der Waals surface area (Å²) < 4.78 is 12.0. The summed E-state index contributed by atoms with van der Waals surface area (Å²) in [5.74, 6) is -2.67. The van der Waals surface area contributed by atoms with Crippen molar-refractivity contribution in [1.29, 1.82) is 5.26 Å². The lowest BCUT2D eigenvalue weighted by Crippen LogP contribution is -2.33. The number of aliphatic carboxylic acids is 4. The molecular weight excluding hydrogens is 670 g/mol. The van der Waals surface area contributed by atoms with Crippen LogP contribution in [-0.4, -0.2) is 98.0 Å². The van der Waals surface area contributed by atoms with Crippen molar-refractivity contribution < 1.29 is 48.9 Å². The smallest absolute Gasteiger partial charge is 0.328 e. The molecule has 0 amide bonds. The van der Waals surface area contributed by atoms with Gasteiger partial charge in [-0.05, 0) is 89.7 Å². The first kappa shape index (κ1) is 39.3. The summed E-state index contributed by atoms with van der Waals surface area (Å²) in [7, 11) is 4.15. The normalized spacial score (nSPS) is 14.9. The lowest BCUT2D eigenvalue weighted by Gasteiger charge is -2.31. The number of carbonyl (C=O) groups is 4. The third-order valence-electron chi connectivity index (χ3n) is 7.68. The van der Waals surface area contributed by atoms with Gasteiger partial charge in [0.15, 0.2) is 5.58 Å². The molecule has 268 valence electrons. The maximum Gasteiger partial charge on any atom is 0.328 e. The fraction of sp³-hybridized carbons (Fsp3) is 0.441. The Kier molecular flexibility index (Phi) is 15.6. The Morgan fingerprint density at radius 1 is 0.980 bits per heavy atom. The molecule has 1 aliphatic heterocycles. The average molecular weight is 712 g/mol. The van der Waals surface area contributed by atoms with E-state index in [1.165, 1.54) is 37.0 Å². The summed E-state index contributed by atoms with van der Waals surface area (Å²) in [6.07, 6.45) is 10.9. The molecule has 0 radical (unpaired) electrons. The molecule has 1 aliphatic carbocycles. The van der Waals surface area contributed by atoms with Crippen molar-refractivity contribution in [2.75, 3.05) is 33.8 Å². The molecule has 1 aromatic carbocycles. The Balaban J connectivity index is 0.000000352. The summed E-state index contributed by atoms with van der Waals surface area (Å²) in [4.78, 5) is 47.9. The Hall–Kier alpha value is -5.11. The van der Waals surface area contributed by atoms with E-state index in [4.69, 9.17) is 34.9 Å². The zero-order chi connectivity index (χ0) is 36.6. The van der Waals surface area contributed by atoms with Gasteiger partial charge in [-0.15, -0.1) is 11.3 Å². The van der Waals surface area contributed by atoms with Crippen LogP contribution in [0.1, 0.15) is 53.2 Å². The van der Waals surface area contributed by atoms with Gasteiger partial charge in [0.2, 0.25) is 0 Å². The number of benzene rings is 1. The number of hydrogen-bond donors (Lipinski definition) is 4. The lowest BCUT2D eigenvalue weighted by atomic mass is 9.91. The Bertz CT molecular complexity index is 1650. The highest BCUT2D eigenvalue weighted by Gasteiger charge is 2.25. The van der Waals surface area contributed by atoms with E-state index >= 15 is 0 Å². The summed E-state index contributed by atoms with van der Waals surface area (Å²) in [5, 5.41) is 46.9. The molecule has 0 bridgehead atoms. The molecule has 1 saturated heterocycles. The molecule has 50 heavy (non-hydrogen) atoms. The molecule has 5 rings (SSSR count). The number of fused-ring (bicyclic) bond motifs is 1. The van der Waals surface area contributed by atoms with E-state index in [1.807, 2.05) is 0 Å². The van der Waals surface area contributed by atoms with Crippen LogP contribution in [0.25, 0.3) is 11.0 Å². The van der Waals surface area contributed by atoms with E-state index in [9.17, 15) is 19.2 Å². The van der Waals surface area contributed by atoms with Gasteiger partial charge in [-0.1, -0.05) is 5.16 Å². The van der Waals surface area contributed by atoms with Gasteiger partial charge in [0, 0.05) is 36.2 Å². The van der Waals surface area contributed by atoms with Gasteiger partial charge in [0.25, 0.3) is 0 Å². The standard InChI is InChI=1S/C26H33N5O2S.2C4H4O4/c1-30(2)15-22-24(32-17-19-3-4-19)8-6-21-23(29-33-26(21)22)7-5-18-9-11-31(12-10-18)16-25-28-14-20(13-27)34-25;2*5-3(6)1-2-4(7)8/h6,8,14,18-19H,3-5,7,9-12,15-17H2,1-2H3;2*1-2H,(H,5,6)(H,7,8). The Labute approximate surface area is 292 Å². The molecule has 15 nitrogen and oxygen atoms in total. The van der Waals surface area contributed by atoms with Gasteiger partial charge in [-0.3, -0.25) is 4.90 Å². The van der Waals surface area contributed by atoms with Crippen molar-refractivity contribution >= 4 is 46.2 Å². The van der Waals surface area contributed by atoms with Crippen LogP contribution in [0.15, 0.2) is 47.2 Å². The molecule has 2 aromatic heterocycles. The van der Waals surface area contributed by atoms with Crippen LogP contribution in [0.2, 0.25) is 0 Å². The van der Waals surface area contributed by atoms with Crippen LogP contribution in [0.3, 0.4) is 0 Å². The van der Waals surface area contributed by atoms with Crippen LogP contribution >= 0.6 is 11.3 Å². The number of carboxylic acid groups (broad SMARTS) is 4. The Morgan fingerprint density at radius 2 is 1.58 bits per heavy atom.